The Balaban J connectivity index is 1.36. The molecule has 23 heavy (non-hydrogen) atoms. The molecule has 7 heteroatoms. The molecule has 2 aromatic heterocycles. The molecular formula is C16H20N6O. The molecule has 0 atom stereocenters. The van der Waals surface area contributed by atoms with E-state index in [0.717, 1.165) is 56.2 Å². The first-order valence-electron chi connectivity index (χ1n) is 8.19. The summed E-state index contributed by atoms with van der Waals surface area (Å²) in [5.41, 5.74) is 0.731. The van der Waals surface area contributed by atoms with Crippen LogP contribution in [-0.2, 0) is 13.0 Å². The second kappa shape index (κ2) is 5.98. The van der Waals surface area contributed by atoms with Gasteiger partial charge in [-0.2, -0.15) is 0 Å². The molecule has 2 aliphatic rings. The van der Waals surface area contributed by atoms with Crippen molar-refractivity contribution >= 4 is 11.7 Å². The Morgan fingerprint density at radius 1 is 1.22 bits per heavy atom. The summed E-state index contributed by atoms with van der Waals surface area (Å²) in [5.74, 6) is 2.65. The summed E-state index contributed by atoms with van der Waals surface area (Å²) in [6.07, 6.45) is 7.45. The number of hydrogen-bond donors (Lipinski definition) is 1. The Kier molecular flexibility index (Phi) is 3.69. The molecule has 0 spiro atoms. The lowest BCUT2D eigenvalue weighted by molar-refractivity contribution is 0.193. The Labute approximate surface area is 134 Å². The molecule has 0 bridgehead atoms. The fourth-order valence-electron chi connectivity index (χ4n) is 3.46. The number of aryl methyl sites for hydroxylation is 1. The largest absolute Gasteiger partial charge is 0.324 e. The molecule has 0 aromatic carbocycles. The summed E-state index contributed by atoms with van der Waals surface area (Å²) < 4.78 is 2.27. The van der Waals surface area contributed by atoms with Gasteiger partial charge in [-0.1, -0.05) is 0 Å². The second-order valence-electron chi connectivity index (χ2n) is 6.16. The molecule has 0 unspecified atom stereocenters. The van der Waals surface area contributed by atoms with Gasteiger partial charge in [0.25, 0.3) is 0 Å². The molecule has 4 rings (SSSR count). The van der Waals surface area contributed by atoms with Crippen molar-refractivity contribution < 1.29 is 4.79 Å². The van der Waals surface area contributed by atoms with Gasteiger partial charge in [-0.15, -0.1) is 10.2 Å². The molecule has 120 valence electrons. The number of rotatable bonds is 2. The topological polar surface area (TPSA) is 75.9 Å². The van der Waals surface area contributed by atoms with Crippen molar-refractivity contribution in [1.29, 1.82) is 0 Å². The van der Waals surface area contributed by atoms with Crippen molar-refractivity contribution in [2.75, 3.05) is 18.4 Å². The molecular weight excluding hydrogens is 292 g/mol. The maximum absolute atomic E-state index is 12.3. The minimum absolute atomic E-state index is 0.0528. The quantitative estimate of drug-likeness (QED) is 0.920. The number of pyridine rings is 1. The van der Waals surface area contributed by atoms with Crippen LogP contribution in [0.25, 0.3) is 0 Å². The average Bonchev–Trinajstić information content (AvgIpc) is 3.19. The maximum Gasteiger partial charge on any atom is 0.321 e. The predicted molar refractivity (Wildman–Crippen MR) is 85.1 cm³/mol. The zero-order valence-corrected chi connectivity index (χ0v) is 13.0. The van der Waals surface area contributed by atoms with Gasteiger partial charge in [0, 0.05) is 38.2 Å². The van der Waals surface area contributed by atoms with E-state index < -0.39 is 0 Å². The highest BCUT2D eigenvalue weighted by molar-refractivity contribution is 5.89. The third-order valence-electron chi connectivity index (χ3n) is 4.70. The van der Waals surface area contributed by atoms with Gasteiger partial charge in [-0.25, -0.2) is 4.79 Å². The van der Waals surface area contributed by atoms with E-state index in [-0.39, 0.29) is 6.03 Å². The van der Waals surface area contributed by atoms with E-state index in [2.05, 4.69) is 25.1 Å². The zero-order valence-electron chi connectivity index (χ0n) is 13.0. The fourth-order valence-corrected chi connectivity index (χ4v) is 3.46. The summed E-state index contributed by atoms with van der Waals surface area (Å²) in [4.78, 5) is 18.2. The van der Waals surface area contributed by atoms with E-state index in [0.29, 0.717) is 5.92 Å². The number of aromatic nitrogens is 4. The molecule has 0 saturated carbocycles. The van der Waals surface area contributed by atoms with Gasteiger partial charge in [0.05, 0.1) is 11.9 Å². The lowest BCUT2D eigenvalue weighted by Crippen LogP contribution is -2.41. The molecule has 0 radical (unpaired) electrons. The number of amides is 2. The number of anilines is 1. The number of carbonyl (C=O) groups is 1. The number of piperidine rings is 1. The van der Waals surface area contributed by atoms with Gasteiger partial charge in [0.2, 0.25) is 0 Å². The van der Waals surface area contributed by atoms with E-state index in [1.807, 2.05) is 17.0 Å². The van der Waals surface area contributed by atoms with Crippen molar-refractivity contribution in [1.82, 2.24) is 24.6 Å². The number of urea groups is 1. The lowest BCUT2D eigenvalue weighted by atomic mass is 9.96. The molecule has 4 heterocycles. The summed E-state index contributed by atoms with van der Waals surface area (Å²) in [6.45, 7) is 2.54. The zero-order chi connectivity index (χ0) is 15.6. The molecule has 2 aliphatic heterocycles. The van der Waals surface area contributed by atoms with Gasteiger partial charge in [0.1, 0.15) is 11.6 Å². The van der Waals surface area contributed by atoms with Crippen LogP contribution in [0.4, 0.5) is 10.5 Å². The van der Waals surface area contributed by atoms with Crippen LogP contribution in [0.3, 0.4) is 0 Å². The standard InChI is InChI=1S/C16H20N6O/c23-16(18-13-3-1-7-17-11-13)21-9-5-12(6-10-21)15-20-19-14-4-2-8-22(14)15/h1,3,7,11-12H,2,4-6,8-10H2,(H,18,23). The van der Waals surface area contributed by atoms with Gasteiger partial charge in [0.15, 0.2) is 0 Å². The first kappa shape index (κ1) is 14.2. The predicted octanol–water partition coefficient (Wildman–Crippen LogP) is 2.03. The average molecular weight is 312 g/mol. The van der Waals surface area contributed by atoms with E-state index in [1.165, 1.54) is 6.42 Å². The number of nitrogens with zero attached hydrogens (tertiary/aromatic N) is 5. The van der Waals surface area contributed by atoms with Crippen LogP contribution in [0.5, 0.6) is 0 Å². The summed E-state index contributed by atoms with van der Waals surface area (Å²) in [5, 5.41) is 11.6. The van der Waals surface area contributed by atoms with E-state index >= 15 is 0 Å². The Morgan fingerprint density at radius 3 is 2.87 bits per heavy atom. The number of fused-ring (bicyclic) bond motifs is 1. The third-order valence-corrected chi connectivity index (χ3v) is 4.70. The molecule has 1 fully saturated rings. The first-order valence-corrected chi connectivity index (χ1v) is 8.19. The molecule has 7 nitrogen and oxygen atoms in total. The highest BCUT2D eigenvalue weighted by atomic mass is 16.2. The molecule has 1 saturated heterocycles. The monoisotopic (exact) mass is 312 g/mol. The lowest BCUT2D eigenvalue weighted by Gasteiger charge is -2.31. The van der Waals surface area contributed by atoms with Crippen molar-refractivity contribution in [2.45, 2.75) is 38.1 Å². The minimum Gasteiger partial charge on any atom is -0.324 e. The molecule has 2 amide bonds. The van der Waals surface area contributed by atoms with E-state index in [9.17, 15) is 4.79 Å². The molecule has 2 aromatic rings. The summed E-state index contributed by atoms with van der Waals surface area (Å²) in [6, 6.07) is 3.60. The van der Waals surface area contributed by atoms with Crippen LogP contribution >= 0.6 is 0 Å². The number of nitrogens with one attached hydrogen (secondary N) is 1. The Morgan fingerprint density at radius 2 is 2.09 bits per heavy atom. The van der Waals surface area contributed by atoms with Crippen LogP contribution in [0.1, 0.15) is 36.8 Å². The SMILES string of the molecule is O=C(Nc1cccnc1)N1CCC(c2nnc3n2CCC3)CC1. The van der Waals surface area contributed by atoms with Crippen LogP contribution in [0.2, 0.25) is 0 Å². The van der Waals surface area contributed by atoms with Crippen LogP contribution < -0.4 is 5.32 Å². The second-order valence-corrected chi connectivity index (χ2v) is 6.16. The maximum atomic E-state index is 12.3. The summed E-state index contributed by atoms with van der Waals surface area (Å²) in [7, 11) is 0. The smallest absolute Gasteiger partial charge is 0.321 e. The van der Waals surface area contributed by atoms with E-state index in [4.69, 9.17) is 0 Å². The van der Waals surface area contributed by atoms with Crippen molar-refractivity contribution in [3.63, 3.8) is 0 Å². The van der Waals surface area contributed by atoms with Crippen molar-refractivity contribution in [3.05, 3.63) is 36.2 Å². The molecule has 0 aliphatic carbocycles. The van der Waals surface area contributed by atoms with Crippen molar-refractivity contribution in [3.8, 4) is 0 Å². The first-order chi connectivity index (χ1) is 11.3. The van der Waals surface area contributed by atoms with Gasteiger partial charge in [-0.3, -0.25) is 4.98 Å². The minimum atomic E-state index is -0.0528. The Bertz CT molecular complexity index is 690. The van der Waals surface area contributed by atoms with Gasteiger partial charge < -0.3 is 14.8 Å². The molecule has 1 N–H and O–H groups in total. The van der Waals surface area contributed by atoms with E-state index in [1.54, 1.807) is 12.4 Å². The highest BCUT2D eigenvalue weighted by Gasteiger charge is 2.29. The highest BCUT2D eigenvalue weighted by Crippen LogP contribution is 2.29. The number of carbonyl (C=O) groups excluding carboxylic acids is 1. The number of likely N-dealkylation sites (tertiary alicyclic amines) is 1. The fraction of sp³-hybridized carbons (Fsp3) is 0.500. The normalized spacial score (nSPS) is 18.0. The van der Waals surface area contributed by atoms with Gasteiger partial charge in [-0.05, 0) is 31.4 Å². The van der Waals surface area contributed by atoms with Crippen LogP contribution in [0, 0.1) is 0 Å². The number of hydrogen-bond acceptors (Lipinski definition) is 4. The third kappa shape index (κ3) is 2.78. The Hall–Kier alpha value is -2.44. The summed E-state index contributed by atoms with van der Waals surface area (Å²) >= 11 is 0. The van der Waals surface area contributed by atoms with Gasteiger partial charge >= 0.3 is 6.03 Å². The van der Waals surface area contributed by atoms with Crippen LogP contribution in [0.15, 0.2) is 24.5 Å². The van der Waals surface area contributed by atoms with Crippen molar-refractivity contribution in [2.24, 2.45) is 0 Å². The van der Waals surface area contributed by atoms with Crippen LogP contribution in [-0.4, -0.2) is 43.8 Å².